The Labute approximate surface area is 108 Å². The van der Waals surface area contributed by atoms with Crippen molar-refractivity contribution in [2.24, 2.45) is 0 Å². The molecule has 0 unspecified atom stereocenters. The molecule has 1 fully saturated rings. The van der Waals surface area contributed by atoms with Crippen molar-refractivity contribution >= 4 is 23.8 Å². The number of aromatic amines is 1. The van der Waals surface area contributed by atoms with Crippen LogP contribution in [0, 0.1) is 4.77 Å². The van der Waals surface area contributed by atoms with Crippen LogP contribution in [0.25, 0.3) is 10.7 Å². The number of rotatable bonds is 3. The van der Waals surface area contributed by atoms with E-state index in [1.807, 2.05) is 0 Å². The maximum Gasteiger partial charge on any atom is 0.195 e. The Hall–Kier alpha value is -1.08. The van der Waals surface area contributed by atoms with Gasteiger partial charge in [-0.1, -0.05) is 18.3 Å². The lowest BCUT2D eigenvalue weighted by molar-refractivity contribution is 0.732. The fourth-order valence-electron chi connectivity index (χ4n) is 1.87. The number of hydrogen-bond donors (Lipinski definition) is 1. The maximum absolute atomic E-state index is 5.28. The van der Waals surface area contributed by atoms with E-state index in [9.17, 15) is 0 Å². The van der Waals surface area contributed by atoms with Gasteiger partial charge in [0.1, 0.15) is 4.88 Å². The first-order valence-electron chi connectivity index (χ1n) is 5.68. The Bertz CT molecular complexity index is 590. The number of hydrogen-bond acceptors (Lipinski definition) is 5. The van der Waals surface area contributed by atoms with Gasteiger partial charge in [0.25, 0.3) is 0 Å². The Kier molecular flexibility index (Phi) is 2.59. The average molecular weight is 267 g/mol. The van der Waals surface area contributed by atoms with Crippen LogP contribution in [0.2, 0.25) is 0 Å². The van der Waals surface area contributed by atoms with Gasteiger partial charge >= 0.3 is 0 Å². The van der Waals surface area contributed by atoms with Gasteiger partial charge < -0.3 is 0 Å². The average Bonchev–Trinajstić information content (AvgIpc) is 2.87. The molecule has 1 aliphatic carbocycles. The van der Waals surface area contributed by atoms with Gasteiger partial charge in [0.15, 0.2) is 10.6 Å². The first-order chi connectivity index (χ1) is 8.18. The molecule has 3 rings (SSSR count). The first-order valence-corrected chi connectivity index (χ1v) is 6.86. The summed E-state index contributed by atoms with van der Waals surface area (Å²) in [4.78, 5) is 1.04. The summed E-state index contributed by atoms with van der Waals surface area (Å²) in [6.07, 6.45) is 2.37. The monoisotopic (exact) mass is 267 g/mol. The van der Waals surface area contributed by atoms with Crippen LogP contribution in [0.15, 0.2) is 0 Å². The molecule has 2 heterocycles. The van der Waals surface area contributed by atoms with Gasteiger partial charge in [0.2, 0.25) is 0 Å². The fourth-order valence-corrected chi connectivity index (χ4v) is 2.95. The van der Waals surface area contributed by atoms with E-state index in [4.69, 9.17) is 12.2 Å². The minimum absolute atomic E-state index is 0.349. The molecule has 0 spiro atoms. The molecule has 1 aliphatic rings. The summed E-state index contributed by atoms with van der Waals surface area (Å²) in [5.41, 5.74) is 1.01. The van der Waals surface area contributed by atoms with E-state index in [0.29, 0.717) is 16.7 Å². The van der Waals surface area contributed by atoms with Crippen molar-refractivity contribution in [2.45, 2.75) is 38.6 Å². The van der Waals surface area contributed by atoms with E-state index in [0.717, 1.165) is 16.4 Å². The van der Waals surface area contributed by atoms with E-state index in [2.05, 4.69) is 38.2 Å². The highest BCUT2D eigenvalue weighted by atomic mass is 32.1. The molecule has 0 amide bonds. The van der Waals surface area contributed by atoms with Gasteiger partial charge in [0, 0.05) is 6.04 Å². The SMILES string of the molecule is CC(C)c1nnsc1-c1n[nH]c(=S)n1C1CC1. The zero-order valence-corrected chi connectivity index (χ0v) is 11.3. The highest BCUT2D eigenvalue weighted by molar-refractivity contribution is 7.71. The topological polar surface area (TPSA) is 59.4 Å². The second-order valence-corrected chi connectivity index (χ2v) is 5.74. The molecule has 2 aromatic heterocycles. The predicted molar refractivity (Wildman–Crippen MR) is 68.7 cm³/mol. The third kappa shape index (κ3) is 1.83. The lowest BCUT2D eigenvalue weighted by Gasteiger charge is -2.05. The van der Waals surface area contributed by atoms with Crippen molar-refractivity contribution < 1.29 is 0 Å². The number of aromatic nitrogens is 5. The molecule has 0 bridgehead atoms. The third-order valence-corrected chi connectivity index (χ3v) is 3.91. The Morgan fingerprint density at radius 3 is 2.88 bits per heavy atom. The molecule has 17 heavy (non-hydrogen) atoms. The molecule has 0 radical (unpaired) electrons. The van der Waals surface area contributed by atoms with Crippen LogP contribution in [0.1, 0.15) is 44.3 Å². The molecule has 0 saturated heterocycles. The van der Waals surface area contributed by atoms with Gasteiger partial charge in [-0.25, -0.2) is 0 Å². The number of nitrogens with zero attached hydrogens (tertiary/aromatic N) is 4. The summed E-state index contributed by atoms with van der Waals surface area (Å²) in [5, 5.41) is 11.4. The summed E-state index contributed by atoms with van der Waals surface area (Å²) < 4.78 is 6.85. The second kappa shape index (κ2) is 3.99. The molecule has 7 heteroatoms. The van der Waals surface area contributed by atoms with Gasteiger partial charge in [-0.3, -0.25) is 9.67 Å². The molecule has 5 nitrogen and oxygen atoms in total. The quantitative estimate of drug-likeness (QED) is 0.869. The Morgan fingerprint density at radius 1 is 1.47 bits per heavy atom. The van der Waals surface area contributed by atoms with Crippen molar-refractivity contribution in [1.29, 1.82) is 0 Å². The standard InChI is InChI=1S/C10H13N5S2/c1-5(2)7-8(17-14-11-7)9-12-13-10(16)15(9)6-3-4-6/h5-6H,3-4H2,1-2H3,(H,13,16). The lowest BCUT2D eigenvalue weighted by Crippen LogP contribution is -1.99. The van der Waals surface area contributed by atoms with E-state index in [1.54, 1.807) is 0 Å². The maximum atomic E-state index is 5.28. The highest BCUT2D eigenvalue weighted by Gasteiger charge is 2.29. The van der Waals surface area contributed by atoms with Crippen LogP contribution in [-0.4, -0.2) is 24.4 Å². The van der Waals surface area contributed by atoms with E-state index in [-0.39, 0.29) is 0 Å². The molecular weight excluding hydrogens is 254 g/mol. The van der Waals surface area contributed by atoms with Crippen molar-refractivity contribution in [3.8, 4) is 10.7 Å². The van der Waals surface area contributed by atoms with E-state index >= 15 is 0 Å². The van der Waals surface area contributed by atoms with Gasteiger partial charge in [-0.15, -0.1) is 5.10 Å². The van der Waals surface area contributed by atoms with Crippen molar-refractivity contribution in [3.05, 3.63) is 10.5 Å². The molecule has 0 aliphatic heterocycles. The van der Waals surface area contributed by atoms with Crippen LogP contribution in [0.5, 0.6) is 0 Å². The lowest BCUT2D eigenvalue weighted by atomic mass is 10.1. The minimum atomic E-state index is 0.349. The van der Waals surface area contributed by atoms with Crippen LogP contribution in [0.4, 0.5) is 0 Å². The zero-order chi connectivity index (χ0) is 12.0. The summed E-state index contributed by atoms with van der Waals surface area (Å²) in [6.45, 7) is 4.23. The molecule has 0 aromatic carbocycles. The molecule has 2 aromatic rings. The summed E-state index contributed by atoms with van der Waals surface area (Å²) in [5.74, 6) is 1.25. The van der Waals surface area contributed by atoms with Crippen molar-refractivity contribution in [3.63, 3.8) is 0 Å². The largest absolute Gasteiger partial charge is 0.296 e. The van der Waals surface area contributed by atoms with Crippen LogP contribution in [0.3, 0.4) is 0 Å². The van der Waals surface area contributed by atoms with Gasteiger partial charge in [-0.2, -0.15) is 5.10 Å². The summed E-state index contributed by atoms with van der Waals surface area (Å²) in [6, 6.07) is 0.512. The fraction of sp³-hybridized carbons (Fsp3) is 0.600. The smallest absolute Gasteiger partial charge is 0.195 e. The van der Waals surface area contributed by atoms with E-state index in [1.165, 1.54) is 24.4 Å². The number of nitrogens with one attached hydrogen (secondary N) is 1. The van der Waals surface area contributed by atoms with Crippen LogP contribution in [-0.2, 0) is 0 Å². The van der Waals surface area contributed by atoms with Crippen LogP contribution >= 0.6 is 23.8 Å². The van der Waals surface area contributed by atoms with Crippen molar-refractivity contribution in [2.75, 3.05) is 0 Å². The molecule has 1 N–H and O–H groups in total. The summed E-state index contributed by atoms with van der Waals surface area (Å²) >= 11 is 6.67. The predicted octanol–water partition coefficient (Wildman–Crippen LogP) is 2.92. The summed E-state index contributed by atoms with van der Waals surface area (Å²) in [7, 11) is 0. The second-order valence-electron chi connectivity index (χ2n) is 4.60. The third-order valence-electron chi connectivity index (χ3n) is 2.88. The molecule has 1 saturated carbocycles. The van der Waals surface area contributed by atoms with E-state index < -0.39 is 0 Å². The normalized spacial score (nSPS) is 15.7. The number of H-pyrrole nitrogens is 1. The molecule has 90 valence electrons. The Balaban J connectivity index is 2.15. The first kappa shape index (κ1) is 11.0. The molecule has 0 atom stereocenters. The highest BCUT2D eigenvalue weighted by Crippen LogP contribution is 2.39. The van der Waals surface area contributed by atoms with Gasteiger partial charge in [-0.05, 0) is 42.5 Å². The minimum Gasteiger partial charge on any atom is -0.296 e. The van der Waals surface area contributed by atoms with Crippen molar-refractivity contribution in [1.82, 2.24) is 24.4 Å². The molecular formula is C10H13N5S2. The Morgan fingerprint density at radius 2 is 2.24 bits per heavy atom. The van der Waals surface area contributed by atoms with Gasteiger partial charge in [0.05, 0.1) is 5.69 Å². The zero-order valence-electron chi connectivity index (χ0n) is 9.67. The van der Waals surface area contributed by atoms with Crippen LogP contribution < -0.4 is 0 Å².